The van der Waals surface area contributed by atoms with Gasteiger partial charge in [-0.05, 0) is 6.92 Å². The largest absolute Gasteiger partial charge is 0.439 e. The van der Waals surface area contributed by atoms with E-state index < -0.39 is 0 Å². The van der Waals surface area contributed by atoms with E-state index in [1.807, 2.05) is 6.92 Å². The van der Waals surface area contributed by atoms with Crippen molar-refractivity contribution >= 4 is 5.97 Å². The molecule has 0 N–H and O–H groups in total. The summed E-state index contributed by atoms with van der Waals surface area (Å²) in [6, 6.07) is 0. The predicted octanol–water partition coefficient (Wildman–Crippen LogP) is 0.560. The molecule has 0 amide bonds. The normalized spacial score (nSPS) is 9.64. The van der Waals surface area contributed by atoms with Crippen LogP contribution in [0.3, 0.4) is 0 Å². The summed E-state index contributed by atoms with van der Waals surface area (Å²) in [7, 11) is 0. The minimum atomic E-state index is -0.332. The van der Waals surface area contributed by atoms with Gasteiger partial charge in [-0.15, -0.1) is 0 Å². The Labute approximate surface area is 66.4 Å². The zero-order valence-electron chi connectivity index (χ0n) is 6.96. The molecule has 0 spiro atoms. The molecule has 4 heteroatoms. The van der Waals surface area contributed by atoms with Crippen LogP contribution in [0.2, 0.25) is 0 Å². The van der Waals surface area contributed by atoms with E-state index in [1.165, 1.54) is 6.92 Å². The summed E-state index contributed by atoms with van der Waals surface area (Å²) < 4.78 is 14.4. The maximum atomic E-state index is 10.2. The van der Waals surface area contributed by atoms with Gasteiger partial charge in [-0.25, -0.2) is 0 Å². The van der Waals surface area contributed by atoms with Gasteiger partial charge in [0, 0.05) is 13.5 Å². The molecule has 4 nitrogen and oxygen atoms in total. The molecule has 0 aliphatic heterocycles. The number of rotatable bonds is 6. The van der Waals surface area contributed by atoms with Crippen LogP contribution in [0.4, 0.5) is 0 Å². The topological polar surface area (TPSA) is 44.8 Å². The molecule has 0 saturated heterocycles. The van der Waals surface area contributed by atoms with Gasteiger partial charge in [0.25, 0.3) is 0 Å². The lowest BCUT2D eigenvalue weighted by Gasteiger charge is -2.03. The van der Waals surface area contributed by atoms with Crippen LogP contribution in [0.25, 0.3) is 0 Å². The van der Waals surface area contributed by atoms with Gasteiger partial charge < -0.3 is 14.2 Å². The molecule has 0 radical (unpaired) electrons. The van der Waals surface area contributed by atoms with E-state index in [2.05, 4.69) is 4.74 Å². The van der Waals surface area contributed by atoms with Crippen LogP contribution >= 0.6 is 0 Å². The van der Waals surface area contributed by atoms with Crippen LogP contribution in [0.15, 0.2) is 0 Å². The Kier molecular flexibility index (Phi) is 7.08. The van der Waals surface area contributed by atoms with E-state index >= 15 is 0 Å². The molecule has 0 aliphatic carbocycles. The number of esters is 1. The Bertz CT molecular complexity index is 103. The standard InChI is InChI=1S/C7H14O4/c1-3-9-4-5-10-6-11-7(2)8/h3-6H2,1-2H3. The quantitative estimate of drug-likeness (QED) is 0.325. The first-order chi connectivity index (χ1) is 5.27. The third kappa shape index (κ3) is 9.39. The molecule has 0 bridgehead atoms. The van der Waals surface area contributed by atoms with E-state index in [4.69, 9.17) is 9.47 Å². The summed E-state index contributed by atoms with van der Waals surface area (Å²) in [6.45, 7) is 4.94. The van der Waals surface area contributed by atoms with Gasteiger partial charge in [0.1, 0.15) is 0 Å². The van der Waals surface area contributed by atoms with Crippen molar-refractivity contribution in [2.45, 2.75) is 13.8 Å². The average Bonchev–Trinajstić information content (AvgIpc) is 1.96. The zero-order chi connectivity index (χ0) is 8.53. The number of ether oxygens (including phenoxy) is 3. The second-order valence-electron chi connectivity index (χ2n) is 1.86. The van der Waals surface area contributed by atoms with Gasteiger partial charge >= 0.3 is 5.97 Å². The molecule has 0 aromatic rings. The minimum Gasteiger partial charge on any atom is -0.439 e. The first kappa shape index (κ1) is 10.4. The SMILES string of the molecule is CCOCCOCOC(C)=O. The summed E-state index contributed by atoms with van der Waals surface area (Å²) in [5.41, 5.74) is 0. The van der Waals surface area contributed by atoms with Crippen LogP contribution in [0.5, 0.6) is 0 Å². The van der Waals surface area contributed by atoms with Gasteiger partial charge in [0.2, 0.25) is 0 Å². The maximum absolute atomic E-state index is 10.2. The monoisotopic (exact) mass is 162 g/mol. The Balaban J connectivity index is 2.85. The van der Waals surface area contributed by atoms with Crippen LogP contribution in [0, 0.1) is 0 Å². The predicted molar refractivity (Wildman–Crippen MR) is 39.1 cm³/mol. The third-order valence-electron chi connectivity index (χ3n) is 0.922. The highest BCUT2D eigenvalue weighted by Gasteiger charge is 1.91. The van der Waals surface area contributed by atoms with Crippen molar-refractivity contribution in [2.75, 3.05) is 26.6 Å². The summed E-state index contributed by atoms with van der Waals surface area (Å²) in [6.07, 6.45) is 0. The molecule has 0 heterocycles. The second kappa shape index (κ2) is 7.50. The van der Waals surface area contributed by atoms with Crippen LogP contribution < -0.4 is 0 Å². The molecule has 0 aromatic carbocycles. The summed E-state index contributed by atoms with van der Waals surface area (Å²) in [4.78, 5) is 10.2. The first-order valence-corrected chi connectivity index (χ1v) is 3.56. The second-order valence-corrected chi connectivity index (χ2v) is 1.86. The Hall–Kier alpha value is -0.610. The maximum Gasteiger partial charge on any atom is 0.304 e. The fourth-order valence-corrected chi connectivity index (χ4v) is 0.446. The van der Waals surface area contributed by atoms with Gasteiger partial charge in [-0.1, -0.05) is 0 Å². The van der Waals surface area contributed by atoms with Crippen LogP contribution in [-0.4, -0.2) is 32.6 Å². The highest BCUT2D eigenvalue weighted by molar-refractivity contribution is 5.65. The van der Waals surface area contributed by atoms with E-state index in [0.717, 1.165) is 0 Å². The zero-order valence-corrected chi connectivity index (χ0v) is 6.96. The van der Waals surface area contributed by atoms with E-state index in [1.54, 1.807) is 0 Å². The van der Waals surface area contributed by atoms with Crippen molar-refractivity contribution in [2.24, 2.45) is 0 Å². The van der Waals surface area contributed by atoms with Crippen molar-refractivity contribution < 1.29 is 19.0 Å². The molecule has 11 heavy (non-hydrogen) atoms. The molecule has 0 atom stereocenters. The number of hydrogen-bond acceptors (Lipinski definition) is 4. The molecule has 0 aromatic heterocycles. The summed E-state index contributed by atoms with van der Waals surface area (Å²) in [5, 5.41) is 0. The number of carbonyl (C=O) groups is 1. The average molecular weight is 162 g/mol. The van der Waals surface area contributed by atoms with Crippen molar-refractivity contribution in [3.05, 3.63) is 0 Å². The van der Waals surface area contributed by atoms with Gasteiger partial charge in [-0.3, -0.25) is 4.79 Å². The number of hydrogen-bond donors (Lipinski definition) is 0. The van der Waals surface area contributed by atoms with Crippen molar-refractivity contribution in [1.82, 2.24) is 0 Å². The van der Waals surface area contributed by atoms with Gasteiger partial charge in [0.05, 0.1) is 13.2 Å². The first-order valence-electron chi connectivity index (χ1n) is 3.56. The van der Waals surface area contributed by atoms with Gasteiger partial charge in [0.15, 0.2) is 6.79 Å². The molecule has 0 aliphatic rings. The third-order valence-corrected chi connectivity index (χ3v) is 0.922. The summed E-state index contributed by atoms with van der Waals surface area (Å²) >= 11 is 0. The lowest BCUT2D eigenvalue weighted by Crippen LogP contribution is -2.09. The van der Waals surface area contributed by atoms with Crippen LogP contribution in [-0.2, 0) is 19.0 Å². The van der Waals surface area contributed by atoms with Crippen molar-refractivity contribution in [3.63, 3.8) is 0 Å². The Morgan fingerprint density at radius 1 is 1.27 bits per heavy atom. The summed E-state index contributed by atoms with van der Waals surface area (Å²) in [5.74, 6) is -0.332. The highest BCUT2D eigenvalue weighted by atomic mass is 16.7. The Morgan fingerprint density at radius 2 is 1.91 bits per heavy atom. The molecule has 0 fully saturated rings. The lowest BCUT2D eigenvalue weighted by molar-refractivity contribution is -0.154. The van der Waals surface area contributed by atoms with E-state index in [0.29, 0.717) is 19.8 Å². The minimum absolute atomic E-state index is 0.0163. The Morgan fingerprint density at radius 3 is 2.45 bits per heavy atom. The van der Waals surface area contributed by atoms with Crippen molar-refractivity contribution in [1.29, 1.82) is 0 Å². The van der Waals surface area contributed by atoms with E-state index in [9.17, 15) is 4.79 Å². The molecular weight excluding hydrogens is 148 g/mol. The molecule has 0 unspecified atom stereocenters. The fraction of sp³-hybridized carbons (Fsp3) is 0.857. The molecule has 0 rings (SSSR count). The fourth-order valence-electron chi connectivity index (χ4n) is 0.446. The lowest BCUT2D eigenvalue weighted by atomic mass is 10.7. The van der Waals surface area contributed by atoms with Crippen LogP contribution in [0.1, 0.15) is 13.8 Å². The smallest absolute Gasteiger partial charge is 0.304 e. The highest BCUT2D eigenvalue weighted by Crippen LogP contribution is 1.80. The van der Waals surface area contributed by atoms with Crippen molar-refractivity contribution in [3.8, 4) is 0 Å². The van der Waals surface area contributed by atoms with E-state index in [-0.39, 0.29) is 12.8 Å². The molecule has 66 valence electrons. The molecular formula is C7H14O4. The van der Waals surface area contributed by atoms with Gasteiger partial charge in [-0.2, -0.15) is 0 Å². The number of carbonyl (C=O) groups excluding carboxylic acids is 1. The molecule has 0 saturated carbocycles.